The lowest BCUT2D eigenvalue weighted by Crippen LogP contribution is -2.18. The topological polar surface area (TPSA) is 32.6 Å². The first-order valence-electron chi connectivity index (χ1n) is 9.87. The standard InChI is InChI=1S/C25H23Cl2NO/c1-16(18-8-6-17(15-29)7-9-18)28-25-13-11-20(21-4-2-3-5-22(21)25)19-10-12-23(26)24(27)14-19/h2-10,12,14,16,20,29H,11,13,15H2,1H3/t16-,20+/m1/s1. The van der Waals surface area contributed by atoms with Gasteiger partial charge in [-0.1, -0.05) is 77.8 Å². The van der Waals surface area contributed by atoms with E-state index in [1.807, 2.05) is 36.4 Å². The minimum Gasteiger partial charge on any atom is -0.392 e. The number of benzene rings is 3. The molecule has 0 aromatic heterocycles. The summed E-state index contributed by atoms with van der Waals surface area (Å²) in [6.07, 6.45) is 1.91. The van der Waals surface area contributed by atoms with E-state index in [-0.39, 0.29) is 12.6 Å². The average molecular weight is 424 g/mol. The highest BCUT2D eigenvalue weighted by molar-refractivity contribution is 6.42. The fourth-order valence-electron chi connectivity index (χ4n) is 4.05. The minimum absolute atomic E-state index is 0.0622. The molecule has 29 heavy (non-hydrogen) atoms. The molecule has 0 fully saturated rings. The van der Waals surface area contributed by atoms with E-state index in [1.165, 1.54) is 16.7 Å². The molecular weight excluding hydrogens is 401 g/mol. The molecule has 0 unspecified atom stereocenters. The second kappa shape index (κ2) is 8.71. The zero-order chi connectivity index (χ0) is 20.4. The van der Waals surface area contributed by atoms with E-state index in [0.717, 1.165) is 29.7 Å². The van der Waals surface area contributed by atoms with E-state index >= 15 is 0 Å². The van der Waals surface area contributed by atoms with Crippen LogP contribution >= 0.6 is 23.2 Å². The molecule has 2 atom stereocenters. The lowest BCUT2D eigenvalue weighted by molar-refractivity contribution is 0.282. The Morgan fingerprint density at radius 3 is 2.48 bits per heavy atom. The Morgan fingerprint density at radius 2 is 1.76 bits per heavy atom. The monoisotopic (exact) mass is 423 g/mol. The fraction of sp³-hybridized carbons (Fsp3) is 0.240. The maximum atomic E-state index is 9.25. The molecule has 0 amide bonds. The maximum absolute atomic E-state index is 9.25. The first-order valence-corrected chi connectivity index (χ1v) is 10.6. The van der Waals surface area contributed by atoms with Gasteiger partial charge in [0.1, 0.15) is 0 Å². The van der Waals surface area contributed by atoms with Crippen molar-refractivity contribution < 1.29 is 5.11 Å². The average Bonchev–Trinajstić information content (AvgIpc) is 2.76. The Morgan fingerprint density at radius 1 is 1.00 bits per heavy atom. The molecule has 0 bridgehead atoms. The minimum atomic E-state index is 0.0622. The molecular formula is C25H23Cl2NO. The van der Waals surface area contributed by atoms with Crippen molar-refractivity contribution in [2.75, 3.05) is 0 Å². The first-order chi connectivity index (χ1) is 14.1. The molecule has 0 saturated carbocycles. The van der Waals surface area contributed by atoms with Crippen LogP contribution in [0.1, 0.15) is 59.5 Å². The summed E-state index contributed by atoms with van der Waals surface area (Å²) in [7, 11) is 0. The van der Waals surface area contributed by atoms with Gasteiger partial charge in [-0.2, -0.15) is 0 Å². The molecule has 0 heterocycles. The van der Waals surface area contributed by atoms with Gasteiger partial charge in [0.2, 0.25) is 0 Å². The number of aliphatic hydroxyl groups excluding tert-OH is 1. The molecule has 148 valence electrons. The quantitative estimate of drug-likeness (QED) is 0.482. The maximum Gasteiger partial charge on any atom is 0.0724 e. The fourth-order valence-corrected chi connectivity index (χ4v) is 4.36. The molecule has 3 aromatic carbocycles. The zero-order valence-corrected chi connectivity index (χ0v) is 17.8. The summed E-state index contributed by atoms with van der Waals surface area (Å²) in [5, 5.41) is 10.4. The number of hydrogen-bond acceptors (Lipinski definition) is 2. The number of nitrogens with zero attached hydrogens (tertiary/aromatic N) is 1. The largest absolute Gasteiger partial charge is 0.392 e. The molecule has 0 spiro atoms. The van der Waals surface area contributed by atoms with E-state index in [0.29, 0.717) is 16.0 Å². The van der Waals surface area contributed by atoms with Crippen molar-refractivity contribution in [1.82, 2.24) is 0 Å². The van der Waals surface area contributed by atoms with E-state index in [1.54, 1.807) is 0 Å². The van der Waals surface area contributed by atoms with Gasteiger partial charge < -0.3 is 5.11 Å². The van der Waals surface area contributed by atoms with Crippen molar-refractivity contribution >= 4 is 28.9 Å². The van der Waals surface area contributed by atoms with Gasteiger partial charge in [-0.25, -0.2) is 0 Å². The molecule has 0 aliphatic heterocycles. The highest BCUT2D eigenvalue weighted by atomic mass is 35.5. The number of aliphatic hydroxyl groups is 1. The summed E-state index contributed by atoms with van der Waals surface area (Å²) in [6.45, 7) is 2.18. The van der Waals surface area contributed by atoms with Gasteiger partial charge in [0.05, 0.1) is 22.7 Å². The summed E-state index contributed by atoms with van der Waals surface area (Å²) in [5.74, 6) is 0.291. The van der Waals surface area contributed by atoms with Gasteiger partial charge >= 0.3 is 0 Å². The molecule has 1 aliphatic carbocycles. The van der Waals surface area contributed by atoms with Crippen molar-refractivity contribution in [3.8, 4) is 0 Å². The predicted octanol–water partition coefficient (Wildman–Crippen LogP) is 6.96. The first kappa shape index (κ1) is 20.2. The van der Waals surface area contributed by atoms with Crippen molar-refractivity contribution in [3.63, 3.8) is 0 Å². The van der Waals surface area contributed by atoms with Gasteiger partial charge in [0.15, 0.2) is 0 Å². The predicted molar refractivity (Wildman–Crippen MR) is 121 cm³/mol. The van der Waals surface area contributed by atoms with Crippen molar-refractivity contribution in [2.24, 2.45) is 4.99 Å². The Hall–Kier alpha value is -2.13. The Bertz CT molecular complexity index is 1040. The number of hydrogen-bond donors (Lipinski definition) is 1. The molecule has 2 nitrogen and oxygen atoms in total. The smallest absolute Gasteiger partial charge is 0.0724 e. The van der Waals surface area contributed by atoms with Gasteiger partial charge in [0, 0.05) is 11.6 Å². The van der Waals surface area contributed by atoms with Gasteiger partial charge in [-0.05, 0) is 59.7 Å². The van der Waals surface area contributed by atoms with Crippen LogP contribution in [0.25, 0.3) is 0 Å². The molecule has 3 aromatic rings. The normalized spacial score (nSPS) is 18.5. The molecule has 0 saturated heterocycles. The van der Waals surface area contributed by atoms with Crippen LogP contribution in [0.5, 0.6) is 0 Å². The Balaban J connectivity index is 1.67. The van der Waals surface area contributed by atoms with Gasteiger partial charge in [-0.3, -0.25) is 4.99 Å². The summed E-state index contributed by atoms with van der Waals surface area (Å²) < 4.78 is 0. The molecule has 4 rings (SSSR count). The second-order valence-corrected chi connectivity index (χ2v) is 8.32. The lowest BCUT2D eigenvalue weighted by Gasteiger charge is -2.28. The van der Waals surface area contributed by atoms with Crippen LogP contribution in [0.2, 0.25) is 10.0 Å². The summed E-state index contributed by atoms with van der Waals surface area (Å²) in [5.41, 5.74) is 6.92. The van der Waals surface area contributed by atoms with Gasteiger partial charge in [0.25, 0.3) is 0 Å². The number of fused-ring (bicyclic) bond motifs is 1. The Labute approximate surface area is 181 Å². The summed E-state index contributed by atoms with van der Waals surface area (Å²) >= 11 is 12.4. The number of halogens is 2. The van der Waals surface area contributed by atoms with E-state index in [4.69, 9.17) is 28.2 Å². The zero-order valence-electron chi connectivity index (χ0n) is 16.3. The van der Waals surface area contributed by atoms with Crippen molar-refractivity contribution in [3.05, 3.63) is 105 Å². The van der Waals surface area contributed by atoms with Gasteiger partial charge in [-0.15, -0.1) is 0 Å². The third kappa shape index (κ3) is 4.25. The van der Waals surface area contributed by atoms with Crippen LogP contribution in [-0.4, -0.2) is 10.8 Å². The Kier molecular flexibility index (Phi) is 6.05. The summed E-state index contributed by atoms with van der Waals surface area (Å²) in [6, 6.07) is 22.5. The van der Waals surface area contributed by atoms with Crippen LogP contribution < -0.4 is 0 Å². The third-order valence-corrected chi connectivity index (χ3v) is 6.40. The van der Waals surface area contributed by atoms with E-state index < -0.39 is 0 Å². The summed E-state index contributed by atoms with van der Waals surface area (Å²) in [4.78, 5) is 5.07. The SMILES string of the molecule is C[C@@H](N=C1CC[C@@H](c2ccc(Cl)c(Cl)c2)c2ccccc21)c1ccc(CO)cc1. The van der Waals surface area contributed by atoms with Crippen molar-refractivity contribution in [1.29, 1.82) is 0 Å². The molecule has 0 radical (unpaired) electrons. The molecule has 1 aliphatic rings. The van der Waals surface area contributed by atoms with Crippen LogP contribution in [0.15, 0.2) is 71.7 Å². The highest BCUT2D eigenvalue weighted by Gasteiger charge is 2.26. The number of rotatable bonds is 4. The number of aliphatic imine (C=N–C) groups is 1. The third-order valence-electron chi connectivity index (χ3n) is 5.66. The second-order valence-electron chi connectivity index (χ2n) is 7.50. The van der Waals surface area contributed by atoms with Crippen LogP contribution in [-0.2, 0) is 6.61 Å². The molecule has 4 heteroatoms. The lowest BCUT2D eigenvalue weighted by atomic mass is 9.78. The van der Waals surface area contributed by atoms with Crippen LogP contribution in [0.4, 0.5) is 0 Å². The van der Waals surface area contributed by atoms with E-state index in [2.05, 4.69) is 37.3 Å². The van der Waals surface area contributed by atoms with Crippen molar-refractivity contribution in [2.45, 2.75) is 38.3 Å². The molecule has 1 N–H and O–H groups in total. The highest BCUT2D eigenvalue weighted by Crippen LogP contribution is 2.39. The van der Waals surface area contributed by atoms with Crippen LogP contribution in [0.3, 0.4) is 0 Å². The van der Waals surface area contributed by atoms with Crippen LogP contribution in [0, 0.1) is 0 Å². The van der Waals surface area contributed by atoms with E-state index in [9.17, 15) is 5.11 Å².